The van der Waals surface area contributed by atoms with Crippen molar-refractivity contribution in [2.45, 2.75) is 46.0 Å². The highest BCUT2D eigenvalue weighted by molar-refractivity contribution is 5.78. The first-order valence-corrected chi connectivity index (χ1v) is 6.64. The fourth-order valence-electron chi connectivity index (χ4n) is 2.53. The second-order valence-corrected chi connectivity index (χ2v) is 6.01. The minimum absolute atomic E-state index is 0.405. The molecular formula is C13H25N3. The molecule has 92 valence electrons. The molecule has 0 amide bonds. The SMILES string of the molecule is CC1CCC(C)(CN=C(N)N2CCC2)CC1. The van der Waals surface area contributed by atoms with Gasteiger partial charge in [0.1, 0.15) is 0 Å². The van der Waals surface area contributed by atoms with E-state index < -0.39 is 0 Å². The van der Waals surface area contributed by atoms with Gasteiger partial charge in [0.2, 0.25) is 0 Å². The van der Waals surface area contributed by atoms with Gasteiger partial charge in [0.05, 0.1) is 0 Å². The summed E-state index contributed by atoms with van der Waals surface area (Å²) >= 11 is 0. The van der Waals surface area contributed by atoms with Gasteiger partial charge in [-0.1, -0.05) is 26.7 Å². The van der Waals surface area contributed by atoms with Crippen LogP contribution in [0.25, 0.3) is 0 Å². The Balaban J connectivity index is 1.83. The molecule has 0 radical (unpaired) electrons. The molecule has 2 N–H and O–H groups in total. The van der Waals surface area contributed by atoms with Gasteiger partial charge in [-0.15, -0.1) is 0 Å². The van der Waals surface area contributed by atoms with E-state index in [-0.39, 0.29) is 0 Å². The monoisotopic (exact) mass is 223 g/mol. The molecule has 0 aromatic rings. The molecule has 2 aliphatic rings. The summed E-state index contributed by atoms with van der Waals surface area (Å²) in [7, 11) is 0. The van der Waals surface area contributed by atoms with Crippen molar-refractivity contribution in [3.05, 3.63) is 0 Å². The first kappa shape index (κ1) is 11.7. The van der Waals surface area contributed by atoms with Gasteiger partial charge in [-0.05, 0) is 30.6 Å². The summed E-state index contributed by atoms with van der Waals surface area (Å²) in [6.45, 7) is 7.84. The molecule has 0 aromatic carbocycles. The molecule has 2 rings (SSSR count). The molecule has 2 fully saturated rings. The van der Waals surface area contributed by atoms with E-state index >= 15 is 0 Å². The van der Waals surface area contributed by atoms with E-state index in [1.165, 1.54) is 32.1 Å². The van der Waals surface area contributed by atoms with Gasteiger partial charge in [0.25, 0.3) is 0 Å². The van der Waals surface area contributed by atoms with E-state index in [9.17, 15) is 0 Å². The van der Waals surface area contributed by atoms with Gasteiger partial charge >= 0.3 is 0 Å². The molecule has 0 aromatic heterocycles. The Morgan fingerprint density at radius 1 is 1.38 bits per heavy atom. The quantitative estimate of drug-likeness (QED) is 0.576. The summed E-state index contributed by atoms with van der Waals surface area (Å²) in [5.41, 5.74) is 6.36. The number of nitrogens with two attached hydrogens (primary N) is 1. The molecule has 1 saturated heterocycles. The molecule has 0 spiro atoms. The number of rotatable bonds is 2. The third-order valence-corrected chi connectivity index (χ3v) is 4.28. The Morgan fingerprint density at radius 2 is 2.00 bits per heavy atom. The van der Waals surface area contributed by atoms with Crippen molar-refractivity contribution in [1.82, 2.24) is 4.90 Å². The van der Waals surface area contributed by atoms with Gasteiger partial charge in [0.15, 0.2) is 5.96 Å². The minimum atomic E-state index is 0.405. The van der Waals surface area contributed by atoms with Gasteiger partial charge < -0.3 is 10.6 Å². The fraction of sp³-hybridized carbons (Fsp3) is 0.923. The summed E-state index contributed by atoms with van der Waals surface area (Å²) in [5, 5.41) is 0. The van der Waals surface area contributed by atoms with Crippen LogP contribution in [0.15, 0.2) is 4.99 Å². The number of hydrogen-bond acceptors (Lipinski definition) is 1. The fourth-order valence-corrected chi connectivity index (χ4v) is 2.53. The minimum Gasteiger partial charge on any atom is -0.370 e. The summed E-state index contributed by atoms with van der Waals surface area (Å²) in [6, 6.07) is 0. The Kier molecular flexibility index (Phi) is 3.41. The van der Waals surface area contributed by atoms with E-state index in [1.54, 1.807) is 0 Å². The lowest BCUT2D eigenvalue weighted by Crippen LogP contribution is -2.46. The molecule has 0 atom stereocenters. The lowest BCUT2D eigenvalue weighted by molar-refractivity contribution is 0.186. The van der Waals surface area contributed by atoms with Crippen LogP contribution >= 0.6 is 0 Å². The maximum atomic E-state index is 5.96. The first-order chi connectivity index (χ1) is 7.59. The molecule has 1 heterocycles. The maximum Gasteiger partial charge on any atom is 0.191 e. The van der Waals surface area contributed by atoms with E-state index in [1.807, 2.05) is 0 Å². The largest absolute Gasteiger partial charge is 0.370 e. The van der Waals surface area contributed by atoms with Gasteiger partial charge in [-0.3, -0.25) is 4.99 Å². The van der Waals surface area contributed by atoms with Gasteiger partial charge in [0, 0.05) is 19.6 Å². The van der Waals surface area contributed by atoms with Crippen molar-refractivity contribution in [1.29, 1.82) is 0 Å². The highest BCUT2D eigenvalue weighted by Crippen LogP contribution is 2.38. The number of aliphatic imine (C=N–C) groups is 1. The maximum absolute atomic E-state index is 5.96. The predicted octanol–water partition coefficient (Wildman–Crippen LogP) is 2.22. The molecule has 3 heteroatoms. The molecular weight excluding hydrogens is 198 g/mol. The Hall–Kier alpha value is -0.730. The third-order valence-electron chi connectivity index (χ3n) is 4.28. The van der Waals surface area contributed by atoms with Crippen molar-refractivity contribution in [2.24, 2.45) is 22.1 Å². The van der Waals surface area contributed by atoms with Gasteiger partial charge in [-0.2, -0.15) is 0 Å². The smallest absolute Gasteiger partial charge is 0.191 e. The lowest BCUT2D eigenvalue weighted by atomic mass is 9.72. The van der Waals surface area contributed by atoms with Crippen molar-refractivity contribution in [3.63, 3.8) is 0 Å². The second kappa shape index (κ2) is 4.64. The van der Waals surface area contributed by atoms with Crippen LogP contribution in [0.5, 0.6) is 0 Å². The number of guanidine groups is 1. The summed E-state index contributed by atoms with van der Waals surface area (Å²) in [6.07, 6.45) is 6.60. The molecule has 1 aliphatic carbocycles. The zero-order chi connectivity index (χ0) is 11.6. The number of likely N-dealkylation sites (tertiary alicyclic amines) is 1. The van der Waals surface area contributed by atoms with Crippen LogP contribution in [0.3, 0.4) is 0 Å². The average molecular weight is 223 g/mol. The first-order valence-electron chi connectivity index (χ1n) is 6.64. The van der Waals surface area contributed by atoms with Crippen LogP contribution in [0.2, 0.25) is 0 Å². The van der Waals surface area contributed by atoms with Crippen molar-refractivity contribution in [3.8, 4) is 0 Å². The van der Waals surface area contributed by atoms with Crippen LogP contribution in [0, 0.1) is 11.3 Å². The van der Waals surface area contributed by atoms with Crippen molar-refractivity contribution < 1.29 is 0 Å². The Labute approximate surface area is 99.1 Å². The Morgan fingerprint density at radius 3 is 2.50 bits per heavy atom. The second-order valence-electron chi connectivity index (χ2n) is 6.01. The van der Waals surface area contributed by atoms with Crippen LogP contribution in [-0.2, 0) is 0 Å². The van der Waals surface area contributed by atoms with E-state index in [0.29, 0.717) is 5.41 Å². The van der Waals surface area contributed by atoms with Crippen LogP contribution < -0.4 is 5.73 Å². The van der Waals surface area contributed by atoms with Crippen molar-refractivity contribution >= 4 is 5.96 Å². The molecule has 1 saturated carbocycles. The van der Waals surface area contributed by atoms with Gasteiger partial charge in [-0.25, -0.2) is 0 Å². The molecule has 1 aliphatic heterocycles. The molecule has 0 unspecified atom stereocenters. The highest BCUT2D eigenvalue weighted by atomic mass is 15.3. The summed E-state index contributed by atoms with van der Waals surface area (Å²) in [5.74, 6) is 1.68. The van der Waals surface area contributed by atoms with E-state index in [4.69, 9.17) is 5.73 Å². The average Bonchev–Trinajstić information content (AvgIpc) is 2.18. The summed E-state index contributed by atoms with van der Waals surface area (Å²) < 4.78 is 0. The highest BCUT2D eigenvalue weighted by Gasteiger charge is 2.29. The number of nitrogens with zero attached hydrogens (tertiary/aromatic N) is 2. The zero-order valence-electron chi connectivity index (χ0n) is 10.7. The Bertz CT molecular complexity index is 260. The number of hydrogen-bond donors (Lipinski definition) is 1. The molecule has 0 bridgehead atoms. The third kappa shape index (κ3) is 2.69. The van der Waals surface area contributed by atoms with Crippen LogP contribution in [0.1, 0.15) is 46.0 Å². The summed E-state index contributed by atoms with van der Waals surface area (Å²) in [4.78, 5) is 6.76. The standard InChI is InChI=1S/C13H25N3/c1-11-4-6-13(2,7-5-11)10-15-12(14)16-8-3-9-16/h11H,3-10H2,1-2H3,(H2,14,15). The molecule has 16 heavy (non-hydrogen) atoms. The zero-order valence-corrected chi connectivity index (χ0v) is 10.7. The topological polar surface area (TPSA) is 41.6 Å². The van der Waals surface area contributed by atoms with Crippen LogP contribution in [0.4, 0.5) is 0 Å². The van der Waals surface area contributed by atoms with E-state index in [0.717, 1.165) is 31.5 Å². The van der Waals surface area contributed by atoms with Crippen molar-refractivity contribution in [2.75, 3.05) is 19.6 Å². The molecule has 3 nitrogen and oxygen atoms in total. The van der Waals surface area contributed by atoms with E-state index in [2.05, 4.69) is 23.7 Å². The normalized spacial score (nSPS) is 36.0. The predicted molar refractivity (Wildman–Crippen MR) is 68.4 cm³/mol. The lowest BCUT2D eigenvalue weighted by Gasteiger charge is -2.36. The van der Waals surface area contributed by atoms with Crippen LogP contribution in [-0.4, -0.2) is 30.5 Å².